The molecular weight excluding hydrogens is 262 g/mol. The molecule has 0 saturated carbocycles. The van der Waals surface area contributed by atoms with Crippen LogP contribution in [0.5, 0.6) is 0 Å². The van der Waals surface area contributed by atoms with E-state index in [-0.39, 0.29) is 11.4 Å². The molecule has 0 spiro atoms. The van der Waals surface area contributed by atoms with Gasteiger partial charge in [0.2, 0.25) is 0 Å². The van der Waals surface area contributed by atoms with Crippen molar-refractivity contribution in [1.82, 2.24) is 15.2 Å². The second-order valence-corrected chi connectivity index (χ2v) is 6.21. The molecule has 0 aliphatic rings. The van der Waals surface area contributed by atoms with Gasteiger partial charge >= 0.3 is 6.03 Å². The predicted octanol–water partition coefficient (Wildman–Crippen LogP) is 3.61. The van der Waals surface area contributed by atoms with Crippen molar-refractivity contribution in [2.75, 3.05) is 13.1 Å². The van der Waals surface area contributed by atoms with Gasteiger partial charge in [0.15, 0.2) is 0 Å². The average molecular weight is 289 g/mol. The zero-order valence-corrected chi connectivity index (χ0v) is 13.8. The maximum atomic E-state index is 12.2. The molecule has 116 valence electrons. The second kappa shape index (κ2) is 7.81. The molecular formula is C17H27N3O. The van der Waals surface area contributed by atoms with Gasteiger partial charge in [-0.25, -0.2) is 4.79 Å². The Morgan fingerprint density at radius 3 is 2.48 bits per heavy atom. The van der Waals surface area contributed by atoms with Crippen LogP contribution in [0.4, 0.5) is 4.79 Å². The maximum Gasteiger partial charge on any atom is 0.321 e. The molecule has 0 bridgehead atoms. The van der Waals surface area contributed by atoms with E-state index < -0.39 is 0 Å². The number of nitrogens with zero attached hydrogens (tertiary/aromatic N) is 2. The van der Waals surface area contributed by atoms with Gasteiger partial charge in [-0.2, -0.15) is 0 Å². The number of likely N-dealkylation sites (N-methyl/N-ethyl adjacent to an activating group) is 1. The summed E-state index contributed by atoms with van der Waals surface area (Å²) in [5.74, 6) is 0. The number of allylic oxidation sites excluding steroid dienone is 1. The molecule has 1 rings (SSSR count). The summed E-state index contributed by atoms with van der Waals surface area (Å²) in [6.07, 6.45) is 6.21. The molecule has 4 nitrogen and oxygen atoms in total. The minimum absolute atomic E-state index is 0.0462. The second-order valence-electron chi connectivity index (χ2n) is 6.21. The van der Waals surface area contributed by atoms with Crippen molar-refractivity contribution in [3.63, 3.8) is 0 Å². The van der Waals surface area contributed by atoms with Crippen LogP contribution in [0.1, 0.15) is 40.2 Å². The number of hydrogen-bond donors (Lipinski definition) is 1. The lowest BCUT2D eigenvalue weighted by Gasteiger charge is -2.23. The Hall–Kier alpha value is -1.84. The molecule has 0 unspecified atom stereocenters. The van der Waals surface area contributed by atoms with Crippen LogP contribution in [0.25, 0.3) is 0 Å². The molecule has 0 aromatic carbocycles. The van der Waals surface area contributed by atoms with Crippen molar-refractivity contribution in [2.24, 2.45) is 5.41 Å². The quantitative estimate of drug-likeness (QED) is 0.900. The molecule has 0 saturated heterocycles. The molecule has 4 heteroatoms. The molecule has 0 atom stereocenters. The van der Waals surface area contributed by atoms with Crippen LogP contribution in [-0.2, 0) is 6.42 Å². The van der Waals surface area contributed by atoms with Crippen molar-refractivity contribution in [2.45, 2.75) is 41.0 Å². The highest BCUT2D eigenvalue weighted by Gasteiger charge is 2.14. The number of hydrogen-bond acceptors (Lipinski definition) is 2. The van der Waals surface area contributed by atoms with Gasteiger partial charge in [0, 0.05) is 31.7 Å². The van der Waals surface area contributed by atoms with Crippen LogP contribution in [0, 0.1) is 5.41 Å². The molecule has 0 aliphatic heterocycles. The molecule has 1 heterocycles. The van der Waals surface area contributed by atoms with Crippen LogP contribution < -0.4 is 5.32 Å². The lowest BCUT2D eigenvalue weighted by atomic mass is 9.88. The van der Waals surface area contributed by atoms with E-state index in [0.29, 0.717) is 13.1 Å². The first-order valence-corrected chi connectivity index (χ1v) is 7.46. The summed E-state index contributed by atoms with van der Waals surface area (Å²) in [7, 11) is 0. The van der Waals surface area contributed by atoms with E-state index in [1.165, 1.54) is 5.56 Å². The first-order valence-electron chi connectivity index (χ1n) is 7.46. The standard InChI is InChI=1S/C17H27N3O/c1-6-20(12-9-15-7-10-18-11-8-15)16(21)19-13-14(2)17(3,4)5/h7-8,10-11,13H,6,9,12H2,1-5H3,(H,19,21)/b14-13+. The van der Waals surface area contributed by atoms with E-state index in [0.717, 1.165) is 12.0 Å². The third kappa shape index (κ3) is 5.98. The minimum Gasteiger partial charge on any atom is -0.324 e. The lowest BCUT2D eigenvalue weighted by molar-refractivity contribution is 0.205. The third-order valence-corrected chi connectivity index (χ3v) is 3.68. The number of amides is 2. The Morgan fingerprint density at radius 2 is 1.95 bits per heavy atom. The van der Waals surface area contributed by atoms with E-state index >= 15 is 0 Å². The SMILES string of the molecule is CCN(CCc1ccncc1)C(=O)N/C=C(\C)C(C)(C)C. The summed E-state index contributed by atoms with van der Waals surface area (Å²) < 4.78 is 0. The van der Waals surface area contributed by atoms with Crippen LogP contribution >= 0.6 is 0 Å². The van der Waals surface area contributed by atoms with E-state index in [1.54, 1.807) is 12.4 Å². The van der Waals surface area contributed by atoms with Crippen molar-refractivity contribution >= 4 is 6.03 Å². The lowest BCUT2D eigenvalue weighted by Crippen LogP contribution is -2.39. The van der Waals surface area contributed by atoms with Crippen LogP contribution in [0.2, 0.25) is 0 Å². The molecule has 0 aliphatic carbocycles. The maximum absolute atomic E-state index is 12.2. The number of aromatic nitrogens is 1. The molecule has 1 N–H and O–H groups in total. The molecule has 21 heavy (non-hydrogen) atoms. The Labute approximate surface area is 128 Å². The molecule has 1 aromatic heterocycles. The average Bonchev–Trinajstić information content (AvgIpc) is 2.45. The highest BCUT2D eigenvalue weighted by Crippen LogP contribution is 2.23. The van der Waals surface area contributed by atoms with E-state index in [9.17, 15) is 4.79 Å². The first kappa shape index (κ1) is 17.2. The summed E-state index contributed by atoms with van der Waals surface area (Å²) in [5.41, 5.74) is 2.42. The van der Waals surface area contributed by atoms with E-state index in [1.807, 2.05) is 37.1 Å². The van der Waals surface area contributed by atoms with Gasteiger partial charge in [-0.3, -0.25) is 4.98 Å². The van der Waals surface area contributed by atoms with Gasteiger partial charge in [-0.1, -0.05) is 26.3 Å². The minimum atomic E-state index is -0.0462. The van der Waals surface area contributed by atoms with Crippen molar-refractivity contribution in [3.05, 3.63) is 41.9 Å². The monoisotopic (exact) mass is 289 g/mol. The van der Waals surface area contributed by atoms with E-state index in [2.05, 4.69) is 31.1 Å². The summed E-state index contributed by atoms with van der Waals surface area (Å²) >= 11 is 0. The topological polar surface area (TPSA) is 45.2 Å². The number of urea groups is 1. The summed E-state index contributed by atoms with van der Waals surface area (Å²) in [6.45, 7) is 11.8. The Balaban J connectivity index is 2.54. The fourth-order valence-electron chi connectivity index (χ4n) is 1.69. The van der Waals surface area contributed by atoms with Gasteiger partial charge in [0.05, 0.1) is 0 Å². The van der Waals surface area contributed by atoms with Crippen LogP contribution in [0.15, 0.2) is 36.3 Å². The highest BCUT2D eigenvalue weighted by molar-refractivity contribution is 5.75. The third-order valence-electron chi connectivity index (χ3n) is 3.68. The summed E-state index contributed by atoms with van der Waals surface area (Å²) in [6, 6.07) is 3.92. The summed E-state index contributed by atoms with van der Waals surface area (Å²) in [5, 5.41) is 2.89. The normalized spacial score (nSPS) is 12.1. The van der Waals surface area contributed by atoms with Gasteiger partial charge in [-0.05, 0) is 43.4 Å². The van der Waals surface area contributed by atoms with E-state index in [4.69, 9.17) is 0 Å². The molecule has 0 fully saturated rings. The Bertz CT molecular complexity index is 475. The van der Waals surface area contributed by atoms with Crippen molar-refractivity contribution in [1.29, 1.82) is 0 Å². The molecule has 2 amide bonds. The predicted molar refractivity (Wildman–Crippen MR) is 86.9 cm³/mol. The fourth-order valence-corrected chi connectivity index (χ4v) is 1.69. The van der Waals surface area contributed by atoms with Gasteiger partial charge in [-0.15, -0.1) is 0 Å². The van der Waals surface area contributed by atoms with Gasteiger partial charge in [0.1, 0.15) is 0 Å². The smallest absolute Gasteiger partial charge is 0.321 e. The zero-order valence-electron chi connectivity index (χ0n) is 13.8. The number of carbonyl (C=O) groups is 1. The zero-order chi connectivity index (χ0) is 15.9. The van der Waals surface area contributed by atoms with Crippen LogP contribution in [-0.4, -0.2) is 29.0 Å². The number of rotatable bonds is 5. The number of nitrogens with one attached hydrogen (secondary N) is 1. The summed E-state index contributed by atoms with van der Waals surface area (Å²) in [4.78, 5) is 18.0. The molecule has 0 radical (unpaired) electrons. The fraction of sp³-hybridized carbons (Fsp3) is 0.529. The van der Waals surface area contributed by atoms with Crippen molar-refractivity contribution < 1.29 is 4.79 Å². The Morgan fingerprint density at radius 1 is 1.33 bits per heavy atom. The molecule has 1 aromatic rings. The number of pyridine rings is 1. The van der Waals surface area contributed by atoms with Crippen LogP contribution in [0.3, 0.4) is 0 Å². The Kier molecular flexibility index (Phi) is 6.40. The van der Waals surface area contributed by atoms with Crippen molar-refractivity contribution in [3.8, 4) is 0 Å². The van der Waals surface area contributed by atoms with Gasteiger partial charge in [0.25, 0.3) is 0 Å². The first-order chi connectivity index (χ1) is 9.84. The largest absolute Gasteiger partial charge is 0.324 e. The van der Waals surface area contributed by atoms with Gasteiger partial charge < -0.3 is 10.2 Å². The highest BCUT2D eigenvalue weighted by atomic mass is 16.2. The number of carbonyl (C=O) groups excluding carboxylic acids is 1.